The van der Waals surface area contributed by atoms with Gasteiger partial charge in [0.05, 0.1) is 133 Å². The second kappa shape index (κ2) is 37.5. The Morgan fingerprint density at radius 1 is 0.469 bits per heavy atom. The lowest BCUT2D eigenvalue weighted by Gasteiger charge is -2.32. The van der Waals surface area contributed by atoms with Crippen molar-refractivity contribution in [3.63, 3.8) is 0 Å². The lowest BCUT2D eigenvalue weighted by Crippen LogP contribution is -2.47. The number of ether oxygens (including phenoxy) is 8. The van der Waals surface area contributed by atoms with Crippen LogP contribution in [0.3, 0.4) is 0 Å². The van der Waals surface area contributed by atoms with Crippen LogP contribution >= 0.6 is 0 Å². The molecule has 30 heteroatoms. The minimum absolute atomic E-state index is 0.0245. The zero-order chi connectivity index (χ0) is 91.6. The Kier molecular flexibility index (Phi) is 26.5. The molecule has 2 saturated heterocycles. The number of carbonyl (C=O) groups is 8. The summed E-state index contributed by atoms with van der Waals surface area (Å²) in [5.41, 5.74) is -0.344. The molecule has 8 heterocycles. The molecule has 18 rings (SSSR count). The Balaban J connectivity index is 0.000000182. The highest BCUT2D eigenvalue weighted by Gasteiger charge is 2.64. The standard InChI is InChI=1S/2C50H62N4O10S/c2*1-28(2)62-36-11-15-42(51-26-36)43-21-33-20-35(61-5)10-14-40(33)47(52-43)64-38-22-44-45(55)25-50(49(58)53-65(59,60)39-12-13-39)24-34(50)9-7-6-8-29(3)16-30(4)41(48(57)54(44)27-38)23-46(56)63-37-18-31-17-32(31)19-37/h2*7,9-11,14-15,20-21,26,28-32,34,37-39,41,44H,6,8,12-13,16-19,22-25,27H2,1-5H3,(H,53,58)/b2*9-7-/t29-,30+,31-,32+,34+,37?,38+,41-,44-,50+;29-,30-,31-,32+,34-,37?,38-,41+,44+,50-/m01/s1. The number of Topliss-reactive ketones (excluding diaryl/α,β-unsaturated/α-hetero) is 2. The maximum absolute atomic E-state index is 15.2. The monoisotopic (exact) mass is 1820 g/mol. The van der Waals surface area contributed by atoms with Crippen LogP contribution < -0.4 is 37.9 Å². The summed E-state index contributed by atoms with van der Waals surface area (Å²) >= 11 is 0. The minimum atomic E-state index is -3.88. The second-order valence-electron chi connectivity index (χ2n) is 40.4. The Morgan fingerprint density at radius 2 is 0.854 bits per heavy atom. The number of allylic oxidation sites excluding steroid dienone is 4. The van der Waals surface area contributed by atoms with Gasteiger partial charge < -0.3 is 47.7 Å². The SMILES string of the molecule is COc1ccc2c(O[C@@H]3C[C@H]4C(=O)C[C@]5(C(=O)NS(=O)(=O)C6CC6)C[C@H]5/C=C\CC[C@@H](C)C[C@@H](C)[C@H](CC(=O)OC5C[C@@H]6C[C@@H]6C5)C(=O)N4C3)nc(-c3ccc(OC(C)C)cn3)cc2c1.COc1ccc2c(O[C@@H]3C[C@H]4C(=O)C[C@]5(C(=O)NS(=O)(=O)C6CC6)C[C@H]5/C=C\CC[C@H](C)C[C@@H](C)[C@H](CC(=O)OC5C[C@@H]6C[C@@H]6C5)C(=O)N4C3)nc(-c3ccc(OC(C)C)cn3)cc2c1. The van der Waals surface area contributed by atoms with Crippen molar-refractivity contribution in [3.8, 4) is 57.5 Å². The first-order valence-electron chi connectivity index (χ1n) is 47.3. The molecule has 20 atom stereocenters. The first kappa shape index (κ1) is 91.8. The van der Waals surface area contributed by atoms with E-state index in [-0.39, 0.29) is 147 Å². The van der Waals surface area contributed by atoms with Crippen LogP contribution in [0.25, 0.3) is 44.3 Å². The highest BCUT2D eigenvalue weighted by atomic mass is 32.2. The maximum Gasteiger partial charge on any atom is 0.306 e. The molecule has 4 aromatic heterocycles. The lowest BCUT2D eigenvalue weighted by atomic mass is 9.82. The molecule has 4 amide bonds. The van der Waals surface area contributed by atoms with Crippen molar-refractivity contribution >= 4 is 88.7 Å². The number of hydrogen-bond acceptors (Lipinski definition) is 24. The van der Waals surface area contributed by atoms with Gasteiger partial charge in [-0.1, -0.05) is 52.0 Å². The number of nitrogens with one attached hydrogen (secondary N) is 2. The molecule has 130 heavy (non-hydrogen) atoms. The number of pyridine rings is 4. The quantitative estimate of drug-likeness (QED) is 0.0420. The van der Waals surface area contributed by atoms with Gasteiger partial charge in [-0.2, -0.15) is 0 Å². The molecular weight excluding hydrogens is 1700 g/mol. The third-order valence-corrected chi connectivity index (χ3v) is 33.0. The number of benzene rings is 2. The van der Waals surface area contributed by atoms with Gasteiger partial charge in [0.1, 0.15) is 47.4 Å². The van der Waals surface area contributed by atoms with E-state index in [2.05, 4.69) is 33.3 Å². The molecule has 2 unspecified atom stereocenters. The van der Waals surface area contributed by atoms with E-state index in [1.54, 1.807) is 36.4 Å². The second-order valence-corrected chi connectivity index (χ2v) is 44.3. The zero-order valence-electron chi connectivity index (χ0n) is 76.1. The first-order chi connectivity index (χ1) is 62.2. The van der Waals surface area contributed by atoms with Crippen LogP contribution in [0.4, 0.5) is 0 Å². The van der Waals surface area contributed by atoms with Crippen LogP contribution in [0.5, 0.6) is 34.8 Å². The van der Waals surface area contributed by atoms with Crippen LogP contribution in [0, 0.1) is 81.8 Å². The topological polar surface area (TPSA) is 361 Å². The first-order valence-corrected chi connectivity index (χ1v) is 50.3. The fourth-order valence-electron chi connectivity index (χ4n) is 21.5. The van der Waals surface area contributed by atoms with Crippen LogP contribution in [-0.4, -0.2) is 180 Å². The van der Waals surface area contributed by atoms with Gasteiger partial charge >= 0.3 is 11.9 Å². The van der Waals surface area contributed by atoms with Crippen molar-refractivity contribution in [2.24, 2.45) is 81.8 Å². The molecule has 0 bridgehead atoms. The highest BCUT2D eigenvalue weighted by molar-refractivity contribution is 7.91. The molecule has 12 aliphatic rings. The van der Waals surface area contributed by atoms with Crippen molar-refractivity contribution in [1.82, 2.24) is 39.2 Å². The number of methoxy groups -OCH3 is 2. The van der Waals surface area contributed by atoms with E-state index in [1.807, 2.05) is 139 Å². The Hall–Kier alpha value is -10.1. The summed E-state index contributed by atoms with van der Waals surface area (Å²) in [7, 11) is -4.58. The maximum atomic E-state index is 15.2. The molecule has 696 valence electrons. The van der Waals surface area contributed by atoms with E-state index in [1.165, 1.54) is 12.8 Å². The molecule has 0 radical (unpaired) electrons. The average Bonchev–Trinajstić information content (AvgIpc) is 1.57. The summed E-state index contributed by atoms with van der Waals surface area (Å²) in [6, 6.07) is 20.2. The number of ketones is 2. The normalized spacial score (nSPS) is 31.8. The predicted octanol–water partition coefficient (Wildman–Crippen LogP) is 14.8. The van der Waals surface area contributed by atoms with Gasteiger partial charge in [-0.15, -0.1) is 0 Å². The van der Waals surface area contributed by atoms with Crippen LogP contribution in [0.2, 0.25) is 0 Å². The van der Waals surface area contributed by atoms with Gasteiger partial charge in [-0.3, -0.25) is 57.8 Å². The highest BCUT2D eigenvalue weighted by Crippen LogP contribution is 2.60. The van der Waals surface area contributed by atoms with Gasteiger partial charge in [0, 0.05) is 36.5 Å². The van der Waals surface area contributed by atoms with Crippen LogP contribution in [0.15, 0.2) is 109 Å². The summed E-state index contributed by atoms with van der Waals surface area (Å²) in [6.07, 6.45) is 21.8. The molecule has 28 nitrogen and oxygen atoms in total. The van der Waals surface area contributed by atoms with Crippen molar-refractivity contribution in [2.75, 3.05) is 27.3 Å². The number of sulfonamides is 2. The predicted molar refractivity (Wildman–Crippen MR) is 484 cm³/mol. The van der Waals surface area contributed by atoms with E-state index in [0.717, 1.165) is 62.1 Å². The van der Waals surface area contributed by atoms with E-state index >= 15 is 9.59 Å². The fraction of sp³-hybridized carbons (Fsp3) is 0.600. The van der Waals surface area contributed by atoms with E-state index in [4.69, 9.17) is 47.9 Å². The summed E-state index contributed by atoms with van der Waals surface area (Å²) < 4.78 is 105. The molecule has 2 aromatic carbocycles. The van der Waals surface area contributed by atoms with Gasteiger partial charge in [-0.25, -0.2) is 26.8 Å². The van der Waals surface area contributed by atoms with Crippen molar-refractivity contribution < 1.29 is 93.1 Å². The number of rotatable bonds is 24. The molecule has 8 saturated carbocycles. The third kappa shape index (κ3) is 20.9. The van der Waals surface area contributed by atoms with Gasteiger partial charge in [0.25, 0.3) is 0 Å². The van der Waals surface area contributed by atoms with Crippen LogP contribution in [-0.2, 0) is 67.9 Å². The molecule has 10 fully saturated rings. The Labute approximate surface area is 761 Å². The lowest BCUT2D eigenvalue weighted by molar-refractivity contribution is -0.155. The minimum Gasteiger partial charge on any atom is -0.497 e. The van der Waals surface area contributed by atoms with Crippen LogP contribution in [0.1, 0.15) is 209 Å². The number of fused-ring (bicyclic) bond motifs is 8. The number of aromatic nitrogens is 4. The van der Waals surface area contributed by atoms with Crippen molar-refractivity contribution in [3.05, 3.63) is 109 Å². The average molecular weight is 1820 g/mol. The van der Waals surface area contributed by atoms with Gasteiger partial charge in [0.15, 0.2) is 11.6 Å². The molecule has 6 aromatic rings. The number of hydrogen-bond donors (Lipinski definition) is 2. The van der Waals surface area contributed by atoms with E-state index in [9.17, 15) is 45.6 Å². The molecular formula is C100H124N8O20S2. The Morgan fingerprint density at radius 3 is 1.21 bits per heavy atom. The van der Waals surface area contributed by atoms with E-state index in [0.29, 0.717) is 132 Å². The summed E-state index contributed by atoms with van der Waals surface area (Å²) in [4.78, 5) is 138. The van der Waals surface area contributed by atoms with Gasteiger partial charge in [0.2, 0.25) is 55.4 Å². The van der Waals surface area contributed by atoms with Gasteiger partial charge in [-0.05, 0) is 286 Å². The number of esters is 2. The number of amides is 4. The summed E-state index contributed by atoms with van der Waals surface area (Å²) in [5, 5.41) is 1.69. The molecule has 8 aliphatic carbocycles. The number of nitrogens with zero attached hydrogens (tertiary/aromatic N) is 6. The fourth-order valence-corrected chi connectivity index (χ4v) is 24.2. The van der Waals surface area contributed by atoms with E-state index < -0.39 is 101 Å². The molecule has 4 aliphatic heterocycles. The van der Waals surface area contributed by atoms with Crippen molar-refractivity contribution in [2.45, 2.75) is 269 Å². The summed E-state index contributed by atoms with van der Waals surface area (Å²) in [6.45, 7) is 16.1. The largest absolute Gasteiger partial charge is 0.497 e. The smallest absolute Gasteiger partial charge is 0.306 e. The number of carbonyl (C=O) groups excluding carboxylic acids is 8. The summed E-state index contributed by atoms with van der Waals surface area (Å²) in [5.74, 6) is -0.225. The molecule has 2 N–H and O–H groups in total. The van der Waals surface area contributed by atoms with Crippen molar-refractivity contribution in [1.29, 1.82) is 0 Å². The molecule has 0 spiro atoms. The zero-order valence-corrected chi connectivity index (χ0v) is 77.8. The third-order valence-electron chi connectivity index (χ3n) is 29.4. The Bertz CT molecular complexity index is 5270.